The van der Waals surface area contributed by atoms with Crippen molar-refractivity contribution < 1.29 is 18.9 Å². The summed E-state index contributed by atoms with van der Waals surface area (Å²) in [4.78, 5) is 0. The van der Waals surface area contributed by atoms with E-state index in [0.29, 0.717) is 38.3 Å². The highest BCUT2D eigenvalue weighted by molar-refractivity contribution is 4.51. The van der Waals surface area contributed by atoms with Gasteiger partial charge in [0, 0.05) is 13.2 Å². The molecule has 0 aliphatic rings. The van der Waals surface area contributed by atoms with Crippen LogP contribution in [0.3, 0.4) is 0 Å². The summed E-state index contributed by atoms with van der Waals surface area (Å²) >= 11 is 0. The van der Waals surface area contributed by atoms with Crippen LogP contribution in [0.1, 0.15) is 41.5 Å². The second-order valence-corrected chi connectivity index (χ2v) is 6.23. The molecule has 122 valence electrons. The second-order valence-electron chi connectivity index (χ2n) is 6.23. The van der Waals surface area contributed by atoms with Crippen LogP contribution in [0.2, 0.25) is 0 Å². The number of ether oxygens (including phenoxy) is 4. The molecule has 0 radical (unpaired) electrons. The quantitative estimate of drug-likeness (QED) is 0.488. The van der Waals surface area contributed by atoms with Gasteiger partial charge in [0.15, 0.2) is 0 Å². The van der Waals surface area contributed by atoms with Crippen LogP contribution in [0.25, 0.3) is 0 Å². The van der Waals surface area contributed by atoms with Gasteiger partial charge in [0.2, 0.25) is 0 Å². The molecule has 4 heteroatoms. The van der Waals surface area contributed by atoms with Crippen molar-refractivity contribution in [1.29, 1.82) is 0 Å². The maximum Gasteiger partial charge on any atom is 0.0780 e. The van der Waals surface area contributed by atoms with Crippen LogP contribution in [0.15, 0.2) is 0 Å². The highest BCUT2D eigenvalue weighted by atomic mass is 16.6. The van der Waals surface area contributed by atoms with Crippen LogP contribution in [-0.4, -0.2) is 51.8 Å². The molecule has 2 atom stereocenters. The Morgan fingerprint density at radius 3 is 1.20 bits per heavy atom. The Morgan fingerprint density at radius 1 is 0.550 bits per heavy atom. The minimum Gasteiger partial charge on any atom is -0.376 e. The molecule has 0 aliphatic carbocycles. The van der Waals surface area contributed by atoms with Crippen molar-refractivity contribution >= 4 is 0 Å². The molecule has 20 heavy (non-hydrogen) atoms. The zero-order valence-electron chi connectivity index (χ0n) is 14.2. The molecule has 0 fully saturated rings. The topological polar surface area (TPSA) is 36.9 Å². The molecule has 0 N–H and O–H groups in total. The van der Waals surface area contributed by atoms with Gasteiger partial charge in [-0.2, -0.15) is 0 Å². The molecule has 0 amide bonds. The minimum absolute atomic E-state index is 0.144. The third-order valence-electron chi connectivity index (χ3n) is 2.51. The van der Waals surface area contributed by atoms with Crippen LogP contribution >= 0.6 is 0 Å². The van der Waals surface area contributed by atoms with Crippen LogP contribution < -0.4 is 0 Å². The van der Waals surface area contributed by atoms with E-state index in [0.717, 1.165) is 13.2 Å². The number of hydrogen-bond donors (Lipinski definition) is 0. The Hall–Kier alpha value is -0.160. The SMILES string of the molecule is CC(C)COC(C)COCCOCC(C)OCC(C)C. The molecular formula is C16H34O4. The minimum atomic E-state index is 0.144. The van der Waals surface area contributed by atoms with Gasteiger partial charge >= 0.3 is 0 Å². The van der Waals surface area contributed by atoms with Crippen LogP contribution in [0.5, 0.6) is 0 Å². The molecule has 0 aromatic heterocycles. The van der Waals surface area contributed by atoms with E-state index in [2.05, 4.69) is 27.7 Å². The van der Waals surface area contributed by atoms with Gasteiger partial charge in [0.1, 0.15) is 0 Å². The highest BCUT2D eigenvalue weighted by Gasteiger charge is 2.05. The molecular weight excluding hydrogens is 256 g/mol. The van der Waals surface area contributed by atoms with Crippen LogP contribution in [-0.2, 0) is 18.9 Å². The maximum atomic E-state index is 5.62. The van der Waals surface area contributed by atoms with E-state index in [1.165, 1.54) is 0 Å². The first-order valence-electron chi connectivity index (χ1n) is 7.80. The molecule has 0 aliphatic heterocycles. The van der Waals surface area contributed by atoms with E-state index < -0.39 is 0 Å². The first-order chi connectivity index (χ1) is 9.41. The summed E-state index contributed by atoms with van der Waals surface area (Å²) in [6.45, 7) is 16.7. The Bertz CT molecular complexity index is 185. The fraction of sp³-hybridized carbons (Fsp3) is 1.00. The van der Waals surface area contributed by atoms with Crippen molar-refractivity contribution in [3.8, 4) is 0 Å². The van der Waals surface area contributed by atoms with Crippen molar-refractivity contribution in [2.45, 2.75) is 53.8 Å². The molecule has 0 spiro atoms. The van der Waals surface area contributed by atoms with E-state index in [-0.39, 0.29) is 12.2 Å². The van der Waals surface area contributed by atoms with E-state index in [4.69, 9.17) is 18.9 Å². The van der Waals surface area contributed by atoms with Gasteiger partial charge in [0.05, 0.1) is 38.6 Å². The monoisotopic (exact) mass is 290 g/mol. The summed E-state index contributed by atoms with van der Waals surface area (Å²) in [5.41, 5.74) is 0. The molecule has 0 aromatic carbocycles. The van der Waals surface area contributed by atoms with Crippen LogP contribution in [0.4, 0.5) is 0 Å². The summed E-state index contributed by atoms with van der Waals surface area (Å²) in [5, 5.41) is 0. The van der Waals surface area contributed by atoms with Gasteiger partial charge in [-0.3, -0.25) is 0 Å². The lowest BCUT2D eigenvalue weighted by Gasteiger charge is -2.16. The number of hydrogen-bond acceptors (Lipinski definition) is 4. The molecule has 0 heterocycles. The fourth-order valence-electron chi connectivity index (χ4n) is 1.43. The molecule has 0 bridgehead atoms. The Kier molecular flexibility index (Phi) is 12.5. The van der Waals surface area contributed by atoms with E-state index >= 15 is 0 Å². The summed E-state index contributed by atoms with van der Waals surface area (Å²) in [6.07, 6.45) is 0.288. The molecule has 0 aromatic rings. The number of rotatable bonds is 13. The Balaban J connectivity index is 3.31. The lowest BCUT2D eigenvalue weighted by Crippen LogP contribution is -2.22. The first kappa shape index (κ1) is 19.8. The lowest BCUT2D eigenvalue weighted by atomic mass is 10.2. The van der Waals surface area contributed by atoms with Crippen molar-refractivity contribution in [3.63, 3.8) is 0 Å². The predicted octanol–water partition coefficient (Wildman–Crippen LogP) is 3.14. The van der Waals surface area contributed by atoms with Crippen LogP contribution in [0, 0.1) is 11.8 Å². The van der Waals surface area contributed by atoms with E-state index in [9.17, 15) is 0 Å². The Labute approximate surface area is 125 Å². The third kappa shape index (κ3) is 14.3. The van der Waals surface area contributed by atoms with E-state index in [1.54, 1.807) is 0 Å². The predicted molar refractivity (Wildman–Crippen MR) is 82.1 cm³/mol. The van der Waals surface area contributed by atoms with Gasteiger partial charge in [-0.1, -0.05) is 27.7 Å². The van der Waals surface area contributed by atoms with Gasteiger partial charge in [-0.15, -0.1) is 0 Å². The average molecular weight is 290 g/mol. The van der Waals surface area contributed by atoms with Gasteiger partial charge < -0.3 is 18.9 Å². The third-order valence-corrected chi connectivity index (χ3v) is 2.51. The van der Waals surface area contributed by atoms with Crippen molar-refractivity contribution in [1.82, 2.24) is 0 Å². The summed E-state index contributed by atoms with van der Waals surface area (Å²) in [5.74, 6) is 1.13. The Morgan fingerprint density at radius 2 is 0.900 bits per heavy atom. The maximum absolute atomic E-state index is 5.62. The fourth-order valence-corrected chi connectivity index (χ4v) is 1.43. The molecule has 4 nitrogen and oxygen atoms in total. The smallest absolute Gasteiger partial charge is 0.0780 e. The van der Waals surface area contributed by atoms with Crippen molar-refractivity contribution in [2.75, 3.05) is 39.6 Å². The van der Waals surface area contributed by atoms with Gasteiger partial charge in [-0.25, -0.2) is 0 Å². The summed E-state index contributed by atoms with van der Waals surface area (Å²) in [7, 11) is 0. The molecule has 0 saturated heterocycles. The first-order valence-corrected chi connectivity index (χ1v) is 7.80. The van der Waals surface area contributed by atoms with Crippen molar-refractivity contribution in [2.24, 2.45) is 11.8 Å². The van der Waals surface area contributed by atoms with Gasteiger partial charge in [0.25, 0.3) is 0 Å². The zero-order valence-corrected chi connectivity index (χ0v) is 14.2. The molecule has 0 saturated carbocycles. The summed E-state index contributed by atoms with van der Waals surface area (Å²) in [6, 6.07) is 0. The summed E-state index contributed by atoms with van der Waals surface area (Å²) < 4.78 is 22.3. The van der Waals surface area contributed by atoms with Crippen molar-refractivity contribution in [3.05, 3.63) is 0 Å². The lowest BCUT2D eigenvalue weighted by molar-refractivity contribution is -0.0492. The van der Waals surface area contributed by atoms with E-state index in [1.807, 2.05) is 13.8 Å². The molecule has 2 unspecified atom stereocenters. The highest BCUT2D eigenvalue weighted by Crippen LogP contribution is 2.00. The average Bonchev–Trinajstić information content (AvgIpc) is 2.37. The second kappa shape index (κ2) is 12.6. The zero-order chi connectivity index (χ0) is 15.4. The largest absolute Gasteiger partial charge is 0.376 e. The molecule has 0 rings (SSSR count). The normalized spacial score (nSPS) is 15.0. The standard InChI is InChI=1S/C16H34O4/c1-13(2)9-19-15(5)11-17-7-8-18-12-16(6)20-10-14(3)4/h13-16H,7-12H2,1-6H3. The van der Waals surface area contributed by atoms with Gasteiger partial charge in [-0.05, 0) is 25.7 Å².